The van der Waals surface area contributed by atoms with Crippen LogP contribution >= 0.6 is 0 Å². The highest BCUT2D eigenvalue weighted by Crippen LogP contribution is 2.28. The van der Waals surface area contributed by atoms with E-state index < -0.39 is 12.0 Å². The van der Waals surface area contributed by atoms with Crippen LogP contribution in [0.4, 0.5) is 0 Å². The molecule has 3 N–H and O–H groups in total. The maximum absolute atomic E-state index is 10.8. The Morgan fingerprint density at radius 1 is 1.44 bits per heavy atom. The molecule has 1 aliphatic carbocycles. The molecule has 0 spiro atoms. The molecule has 0 aromatic heterocycles. The van der Waals surface area contributed by atoms with Crippen molar-refractivity contribution >= 4 is 11.9 Å². The van der Waals surface area contributed by atoms with Gasteiger partial charge in [-0.3, -0.25) is 4.79 Å². The van der Waals surface area contributed by atoms with Gasteiger partial charge in [0.05, 0.1) is 0 Å². The second-order valence-electron chi connectivity index (χ2n) is 4.38. The summed E-state index contributed by atoms with van der Waals surface area (Å²) >= 11 is 0. The third-order valence-corrected chi connectivity index (χ3v) is 2.98. The molecule has 0 radical (unpaired) electrons. The van der Waals surface area contributed by atoms with E-state index in [1.165, 1.54) is 26.2 Å². The van der Waals surface area contributed by atoms with Crippen molar-refractivity contribution < 1.29 is 14.7 Å². The van der Waals surface area contributed by atoms with E-state index in [4.69, 9.17) is 5.11 Å². The lowest BCUT2D eigenvalue weighted by Gasteiger charge is -2.25. The number of hydrogen-bond donors (Lipinski definition) is 3. The van der Waals surface area contributed by atoms with Gasteiger partial charge in [0.15, 0.2) is 0 Å². The maximum Gasteiger partial charge on any atom is 0.327 e. The Labute approximate surface area is 95.6 Å². The number of rotatable bonds is 7. The molecule has 0 bridgehead atoms. The van der Waals surface area contributed by atoms with E-state index in [2.05, 4.69) is 10.6 Å². The average molecular weight is 228 g/mol. The number of carbonyl (C=O) groups excluding carboxylic acids is 1. The highest BCUT2D eigenvalue weighted by molar-refractivity contribution is 5.82. The molecule has 16 heavy (non-hydrogen) atoms. The molecule has 1 unspecified atom stereocenters. The molecule has 1 atom stereocenters. The van der Waals surface area contributed by atoms with Gasteiger partial charge < -0.3 is 15.7 Å². The summed E-state index contributed by atoms with van der Waals surface area (Å²) in [6, 6.07) is -0.820. The van der Waals surface area contributed by atoms with Crippen molar-refractivity contribution in [2.75, 3.05) is 13.1 Å². The lowest BCUT2D eigenvalue weighted by atomic mass is 9.83. The normalized spacial score (nSPS) is 17.6. The first-order chi connectivity index (χ1) is 7.59. The summed E-state index contributed by atoms with van der Waals surface area (Å²) in [7, 11) is 0. The summed E-state index contributed by atoms with van der Waals surface area (Å²) in [6.45, 7) is 2.44. The van der Waals surface area contributed by atoms with Gasteiger partial charge >= 0.3 is 5.97 Å². The first kappa shape index (κ1) is 13.0. The van der Waals surface area contributed by atoms with Crippen LogP contribution in [-0.4, -0.2) is 36.1 Å². The molecule has 1 aliphatic rings. The van der Waals surface area contributed by atoms with E-state index in [0.29, 0.717) is 6.54 Å². The molecule has 0 aromatic rings. The zero-order valence-corrected chi connectivity index (χ0v) is 9.66. The third kappa shape index (κ3) is 4.61. The van der Waals surface area contributed by atoms with E-state index >= 15 is 0 Å². The number of carboxylic acids is 1. The van der Waals surface area contributed by atoms with E-state index in [1.807, 2.05) is 0 Å². The number of nitrogens with one attached hydrogen (secondary N) is 2. The first-order valence-electron chi connectivity index (χ1n) is 5.80. The Bertz CT molecular complexity index is 252. The fourth-order valence-corrected chi connectivity index (χ4v) is 1.78. The molecule has 1 amide bonds. The van der Waals surface area contributed by atoms with Gasteiger partial charge in [-0.1, -0.05) is 19.3 Å². The van der Waals surface area contributed by atoms with Gasteiger partial charge in [0, 0.05) is 13.5 Å². The van der Waals surface area contributed by atoms with Gasteiger partial charge in [0.25, 0.3) is 0 Å². The highest BCUT2D eigenvalue weighted by atomic mass is 16.4. The quantitative estimate of drug-likeness (QED) is 0.550. The third-order valence-electron chi connectivity index (χ3n) is 2.98. The minimum absolute atomic E-state index is 0.293. The molecule has 1 rings (SSSR count). The fourth-order valence-electron chi connectivity index (χ4n) is 1.78. The van der Waals surface area contributed by atoms with Crippen molar-refractivity contribution in [3.05, 3.63) is 0 Å². The number of carbonyl (C=O) groups is 2. The number of aliphatic carboxylic acids is 1. The highest BCUT2D eigenvalue weighted by Gasteiger charge is 2.19. The second kappa shape index (κ2) is 6.48. The lowest BCUT2D eigenvalue weighted by Crippen LogP contribution is -2.46. The van der Waals surface area contributed by atoms with Crippen LogP contribution in [0.15, 0.2) is 0 Å². The van der Waals surface area contributed by atoms with Crippen LogP contribution in [0.1, 0.15) is 32.6 Å². The van der Waals surface area contributed by atoms with Crippen LogP contribution in [0.25, 0.3) is 0 Å². The largest absolute Gasteiger partial charge is 0.480 e. The minimum atomic E-state index is -0.994. The average Bonchev–Trinajstić information content (AvgIpc) is 2.11. The Kier molecular flexibility index (Phi) is 5.25. The fraction of sp³-hybridized carbons (Fsp3) is 0.818. The van der Waals surface area contributed by atoms with Crippen molar-refractivity contribution in [3.63, 3.8) is 0 Å². The van der Waals surface area contributed by atoms with Gasteiger partial charge in [0.1, 0.15) is 6.04 Å². The van der Waals surface area contributed by atoms with Gasteiger partial charge in [-0.25, -0.2) is 4.79 Å². The Morgan fingerprint density at radius 3 is 2.56 bits per heavy atom. The molecular weight excluding hydrogens is 208 g/mol. The molecule has 0 saturated heterocycles. The van der Waals surface area contributed by atoms with Gasteiger partial charge in [-0.05, 0) is 18.9 Å². The molecule has 0 heterocycles. The van der Waals surface area contributed by atoms with E-state index in [-0.39, 0.29) is 5.91 Å². The topological polar surface area (TPSA) is 78.4 Å². The summed E-state index contributed by atoms with van der Waals surface area (Å²) in [5.74, 6) is -0.490. The number of hydrogen-bond acceptors (Lipinski definition) is 3. The smallest absolute Gasteiger partial charge is 0.327 e. The lowest BCUT2D eigenvalue weighted by molar-refractivity contribution is -0.141. The monoisotopic (exact) mass is 228 g/mol. The van der Waals surface area contributed by atoms with Crippen molar-refractivity contribution in [2.24, 2.45) is 5.92 Å². The van der Waals surface area contributed by atoms with Crippen molar-refractivity contribution in [3.8, 4) is 0 Å². The van der Waals surface area contributed by atoms with Gasteiger partial charge in [0.2, 0.25) is 5.91 Å². The first-order valence-corrected chi connectivity index (χ1v) is 5.80. The summed E-state index contributed by atoms with van der Waals surface area (Å²) in [5, 5.41) is 14.3. The number of amides is 1. The number of carboxylic acid groups (broad SMARTS) is 1. The molecule has 1 saturated carbocycles. The summed E-state index contributed by atoms with van der Waals surface area (Å²) in [6.07, 6.45) is 5.03. The summed E-state index contributed by atoms with van der Waals surface area (Å²) < 4.78 is 0. The molecule has 1 fully saturated rings. The minimum Gasteiger partial charge on any atom is -0.480 e. The van der Waals surface area contributed by atoms with E-state index in [1.54, 1.807) is 0 Å². The van der Waals surface area contributed by atoms with E-state index in [9.17, 15) is 9.59 Å². The van der Waals surface area contributed by atoms with Crippen LogP contribution in [-0.2, 0) is 9.59 Å². The Hall–Kier alpha value is -1.10. The summed E-state index contributed by atoms with van der Waals surface area (Å²) in [4.78, 5) is 21.5. The summed E-state index contributed by atoms with van der Waals surface area (Å²) in [5.41, 5.74) is 0. The van der Waals surface area contributed by atoms with Crippen LogP contribution in [0, 0.1) is 5.92 Å². The van der Waals surface area contributed by atoms with Crippen molar-refractivity contribution in [2.45, 2.75) is 38.6 Å². The van der Waals surface area contributed by atoms with Gasteiger partial charge in [-0.15, -0.1) is 0 Å². The predicted molar refractivity (Wildman–Crippen MR) is 60.1 cm³/mol. The van der Waals surface area contributed by atoms with Crippen LogP contribution in [0.3, 0.4) is 0 Å². The van der Waals surface area contributed by atoms with Gasteiger partial charge in [-0.2, -0.15) is 0 Å². The molecule has 0 aliphatic heterocycles. The van der Waals surface area contributed by atoms with Crippen molar-refractivity contribution in [1.29, 1.82) is 0 Å². The maximum atomic E-state index is 10.8. The van der Waals surface area contributed by atoms with Crippen LogP contribution in [0.2, 0.25) is 0 Å². The van der Waals surface area contributed by atoms with Crippen LogP contribution < -0.4 is 10.6 Å². The second-order valence-corrected chi connectivity index (χ2v) is 4.38. The molecule has 0 aromatic carbocycles. The zero-order valence-electron chi connectivity index (χ0n) is 9.66. The Balaban J connectivity index is 2.11. The van der Waals surface area contributed by atoms with E-state index in [0.717, 1.165) is 18.9 Å². The zero-order chi connectivity index (χ0) is 12.0. The molecule has 5 nitrogen and oxygen atoms in total. The van der Waals surface area contributed by atoms with Crippen LogP contribution in [0.5, 0.6) is 0 Å². The predicted octanol–water partition coefficient (Wildman–Crippen LogP) is 0.355. The molecule has 5 heteroatoms. The SMILES string of the molecule is CC(=O)NC(CNCCC1CCC1)C(=O)O. The molecular formula is C11H20N2O3. The standard InChI is InChI=1S/C11H20N2O3/c1-8(14)13-10(11(15)16)7-12-6-5-9-3-2-4-9/h9-10,12H,2-7H2,1H3,(H,13,14)(H,15,16). The van der Waals surface area contributed by atoms with Crippen molar-refractivity contribution in [1.82, 2.24) is 10.6 Å². The molecule has 92 valence electrons. The Morgan fingerprint density at radius 2 is 2.12 bits per heavy atom.